The van der Waals surface area contributed by atoms with Crippen LogP contribution in [0.25, 0.3) is 5.69 Å². The van der Waals surface area contributed by atoms with Crippen LogP contribution in [0.3, 0.4) is 0 Å². The van der Waals surface area contributed by atoms with Crippen molar-refractivity contribution in [2.75, 3.05) is 7.11 Å². The molecule has 0 bridgehead atoms. The SMILES string of the molecule is COC(=O)c1ncn(-c2ccc(C#N)nc2)n1. The lowest BCUT2D eigenvalue weighted by Gasteiger charge is -1.98. The number of nitrogens with zero attached hydrogens (tertiary/aromatic N) is 5. The third kappa shape index (κ3) is 2.10. The lowest BCUT2D eigenvalue weighted by Crippen LogP contribution is -2.05. The Bertz CT molecular complexity index is 581. The van der Waals surface area contributed by atoms with E-state index in [0.29, 0.717) is 11.4 Å². The lowest BCUT2D eigenvalue weighted by atomic mass is 10.3. The van der Waals surface area contributed by atoms with E-state index in [2.05, 4.69) is 19.8 Å². The van der Waals surface area contributed by atoms with Crippen molar-refractivity contribution >= 4 is 5.97 Å². The Balaban J connectivity index is 2.31. The second-order valence-electron chi connectivity index (χ2n) is 3.02. The molecule has 2 rings (SSSR count). The number of hydrogen-bond donors (Lipinski definition) is 0. The van der Waals surface area contributed by atoms with Crippen LogP contribution in [0.2, 0.25) is 0 Å². The van der Waals surface area contributed by atoms with Crippen LogP contribution in [0.5, 0.6) is 0 Å². The van der Waals surface area contributed by atoms with Crippen LogP contribution in [0.15, 0.2) is 24.7 Å². The van der Waals surface area contributed by atoms with Crippen LogP contribution in [0, 0.1) is 11.3 Å². The van der Waals surface area contributed by atoms with Gasteiger partial charge in [0.2, 0.25) is 0 Å². The zero-order chi connectivity index (χ0) is 12.3. The van der Waals surface area contributed by atoms with Gasteiger partial charge in [0.1, 0.15) is 18.1 Å². The molecule has 84 valence electrons. The molecule has 0 N–H and O–H groups in total. The third-order valence-corrected chi connectivity index (χ3v) is 1.99. The van der Waals surface area contributed by atoms with E-state index in [4.69, 9.17) is 5.26 Å². The minimum Gasteiger partial charge on any atom is -0.463 e. The molecule has 7 nitrogen and oxygen atoms in total. The summed E-state index contributed by atoms with van der Waals surface area (Å²) in [5, 5.41) is 12.5. The monoisotopic (exact) mass is 229 g/mol. The number of aromatic nitrogens is 4. The first-order valence-corrected chi connectivity index (χ1v) is 4.61. The van der Waals surface area contributed by atoms with E-state index < -0.39 is 5.97 Å². The summed E-state index contributed by atoms with van der Waals surface area (Å²) in [6.07, 6.45) is 2.84. The fourth-order valence-corrected chi connectivity index (χ4v) is 1.16. The Hall–Kier alpha value is -2.75. The van der Waals surface area contributed by atoms with Crippen LogP contribution in [0.4, 0.5) is 0 Å². The van der Waals surface area contributed by atoms with Gasteiger partial charge in [0, 0.05) is 0 Å². The van der Waals surface area contributed by atoms with Crippen molar-refractivity contribution in [1.29, 1.82) is 5.26 Å². The Morgan fingerprint density at radius 3 is 2.88 bits per heavy atom. The van der Waals surface area contributed by atoms with E-state index in [-0.39, 0.29) is 5.82 Å². The van der Waals surface area contributed by atoms with Crippen molar-refractivity contribution in [3.8, 4) is 11.8 Å². The van der Waals surface area contributed by atoms with E-state index in [1.807, 2.05) is 6.07 Å². The molecule has 0 aliphatic rings. The molecule has 0 amide bonds. The number of esters is 1. The highest BCUT2D eigenvalue weighted by Crippen LogP contribution is 2.05. The quantitative estimate of drug-likeness (QED) is 0.688. The van der Waals surface area contributed by atoms with Crippen molar-refractivity contribution in [3.63, 3.8) is 0 Å². The maximum absolute atomic E-state index is 11.1. The zero-order valence-electron chi connectivity index (χ0n) is 8.86. The van der Waals surface area contributed by atoms with Gasteiger partial charge >= 0.3 is 5.97 Å². The van der Waals surface area contributed by atoms with Crippen molar-refractivity contribution in [1.82, 2.24) is 19.7 Å². The molecule has 2 aromatic heterocycles. The number of methoxy groups -OCH3 is 1. The second-order valence-corrected chi connectivity index (χ2v) is 3.02. The summed E-state index contributed by atoms with van der Waals surface area (Å²) in [5.74, 6) is -0.637. The van der Waals surface area contributed by atoms with E-state index in [1.54, 1.807) is 12.1 Å². The van der Waals surface area contributed by atoms with Gasteiger partial charge < -0.3 is 4.74 Å². The molecule has 0 atom stereocenters. The van der Waals surface area contributed by atoms with Crippen LogP contribution < -0.4 is 0 Å². The molecule has 17 heavy (non-hydrogen) atoms. The molecule has 0 radical (unpaired) electrons. The predicted molar refractivity (Wildman–Crippen MR) is 55.2 cm³/mol. The van der Waals surface area contributed by atoms with E-state index in [9.17, 15) is 4.79 Å². The van der Waals surface area contributed by atoms with Crippen LogP contribution in [-0.2, 0) is 4.74 Å². The Morgan fingerprint density at radius 1 is 1.47 bits per heavy atom. The molecule has 0 saturated heterocycles. The minimum atomic E-state index is -0.606. The zero-order valence-corrected chi connectivity index (χ0v) is 8.86. The largest absolute Gasteiger partial charge is 0.463 e. The maximum atomic E-state index is 11.1. The van der Waals surface area contributed by atoms with Gasteiger partial charge in [0.15, 0.2) is 0 Å². The average Bonchev–Trinajstić information content (AvgIpc) is 2.87. The molecular weight excluding hydrogens is 222 g/mol. The summed E-state index contributed by atoms with van der Waals surface area (Å²) < 4.78 is 5.86. The van der Waals surface area contributed by atoms with Gasteiger partial charge in [-0.2, -0.15) is 5.26 Å². The van der Waals surface area contributed by atoms with Crippen LogP contribution in [-0.4, -0.2) is 32.8 Å². The predicted octanol–water partition coefficient (Wildman–Crippen LogP) is 0.321. The first kappa shape index (κ1) is 10.8. The first-order valence-electron chi connectivity index (χ1n) is 4.61. The minimum absolute atomic E-state index is 0.0307. The van der Waals surface area contributed by atoms with E-state index in [1.165, 1.54) is 24.3 Å². The summed E-state index contributed by atoms with van der Waals surface area (Å²) in [7, 11) is 1.26. The molecule has 2 aromatic rings. The first-order chi connectivity index (χ1) is 8.24. The molecule has 2 heterocycles. The normalized spacial score (nSPS) is 9.65. The van der Waals surface area contributed by atoms with Crippen molar-refractivity contribution in [2.45, 2.75) is 0 Å². The lowest BCUT2D eigenvalue weighted by molar-refractivity contribution is 0.0587. The van der Waals surface area contributed by atoms with Gasteiger partial charge in [-0.25, -0.2) is 19.4 Å². The molecule has 0 aliphatic carbocycles. The van der Waals surface area contributed by atoms with Crippen molar-refractivity contribution < 1.29 is 9.53 Å². The van der Waals surface area contributed by atoms with E-state index in [0.717, 1.165) is 0 Å². The fourth-order valence-electron chi connectivity index (χ4n) is 1.16. The second kappa shape index (κ2) is 4.40. The molecule has 0 unspecified atom stereocenters. The number of carbonyl (C=O) groups excluding carboxylic acids is 1. The van der Waals surface area contributed by atoms with Gasteiger partial charge in [0.05, 0.1) is 19.0 Å². The molecule has 7 heteroatoms. The summed E-state index contributed by atoms with van der Waals surface area (Å²) >= 11 is 0. The number of carbonyl (C=O) groups is 1. The van der Waals surface area contributed by atoms with Crippen LogP contribution >= 0.6 is 0 Å². The highest BCUT2D eigenvalue weighted by molar-refractivity contribution is 5.84. The summed E-state index contributed by atoms with van der Waals surface area (Å²) in [4.78, 5) is 18.8. The summed E-state index contributed by atoms with van der Waals surface area (Å²) in [6.45, 7) is 0. The van der Waals surface area contributed by atoms with Crippen molar-refractivity contribution in [2.24, 2.45) is 0 Å². The molecule has 0 aromatic carbocycles. The molecular formula is C10H7N5O2. The topological polar surface area (TPSA) is 93.7 Å². The average molecular weight is 229 g/mol. The van der Waals surface area contributed by atoms with Crippen molar-refractivity contribution in [3.05, 3.63) is 36.2 Å². The van der Waals surface area contributed by atoms with Gasteiger partial charge in [-0.15, -0.1) is 5.10 Å². The summed E-state index contributed by atoms with van der Waals surface area (Å²) in [5.41, 5.74) is 0.911. The standard InChI is InChI=1S/C10H7N5O2/c1-17-10(16)9-13-6-15(14-9)8-3-2-7(4-11)12-5-8/h2-3,5-6H,1H3. The Kier molecular flexibility index (Phi) is 2.79. The molecule has 0 spiro atoms. The highest BCUT2D eigenvalue weighted by atomic mass is 16.5. The third-order valence-electron chi connectivity index (χ3n) is 1.99. The number of hydrogen-bond acceptors (Lipinski definition) is 6. The Morgan fingerprint density at radius 2 is 2.29 bits per heavy atom. The fraction of sp³-hybridized carbons (Fsp3) is 0.100. The number of rotatable bonds is 2. The maximum Gasteiger partial charge on any atom is 0.377 e. The number of nitriles is 1. The number of pyridine rings is 1. The molecule has 0 saturated carbocycles. The van der Waals surface area contributed by atoms with Crippen LogP contribution in [0.1, 0.15) is 16.3 Å². The van der Waals surface area contributed by atoms with Gasteiger partial charge in [-0.1, -0.05) is 0 Å². The van der Waals surface area contributed by atoms with Gasteiger partial charge in [-0.05, 0) is 12.1 Å². The number of ether oxygens (including phenoxy) is 1. The summed E-state index contributed by atoms with van der Waals surface area (Å²) in [6, 6.07) is 5.11. The molecule has 0 aliphatic heterocycles. The Labute approximate surface area is 96.3 Å². The molecule has 0 fully saturated rings. The van der Waals surface area contributed by atoms with Gasteiger partial charge in [-0.3, -0.25) is 0 Å². The highest BCUT2D eigenvalue weighted by Gasteiger charge is 2.11. The van der Waals surface area contributed by atoms with E-state index >= 15 is 0 Å². The van der Waals surface area contributed by atoms with Gasteiger partial charge in [0.25, 0.3) is 5.82 Å². The smallest absolute Gasteiger partial charge is 0.377 e.